The zero-order chi connectivity index (χ0) is 13.4. The molecule has 4 nitrogen and oxygen atoms in total. The summed E-state index contributed by atoms with van der Waals surface area (Å²) in [7, 11) is 1.65. The number of halogens is 3. The van der Waals surface area contributed by atoms with Crippen LogP contribution in [0.5, 0.6) is 0 Å². The van der Waals surface area contributed by atoms with Crippen LogP contribution in [0.3, 0.4) is 0 Å². The molecule has 2 rings (SSSR count). The molecule has 1 fully saturated rings. The van der Waals surface area contributed by atoms with Crippen LogP contribution in [-0.4, -0.2) is 22.4 Å². The first-order valence-electron chi connectivity index (χ1n) is 5.62. The Bertz CT molecular complexity index is 469. The summed E-state index contributed by atoms with van der Waals surface area (Å²) >= 11 is 0. The van der Waals surface area contributed by atoms with Gasteiger partial charge in [0, 0.05) is 6.20 Å². The van der Waals surface area contributed by atoms with Crippen LogP contribution in [0.2, 0.25) is 0 Å². The highest BCUT2D eigenvalue weighted by Crippen LogP contribution is 2.40. The Morgan fingerprint density at radius 2 is 2.22 bits per heavy atom. The third-order valence-corrected chi connectivity index (χ3v) is 3.26. The van der Waals surface area contributed by atoms with Gasteiger partial charge in [0.05, 0.1) is 12.6 Å². The van der Waals surface area contributed by atoms with Crippen molar-refractivity contribution in [2.24, 2.45) is 5.92 Å². The standard InChI is InChI=1S/C11H13F3N4/c1-16-10(6-15,8-2-3-8)7-18-5-4-9(17-18)11(12,13)14/h4-5,8,16H,2-3,7H2,1H3. The summed E-state index contributed by atoms with van der Waals surface area (Å²) in [4.78, 5) is 0. The first-order chi connectivity index (χ1) is 8.41. The van der Waals surface area contributed by atoms with E-state index in [1.54, 1.807) is 7.05 Å². The molecule has 0 spiro atoms. The number of aromatic nitrogens is 2. The van der Waals surface area contributed by atoms with Crippen molar-refractivity contribution in [3.8, 4) is 6.07 Å². The van der Waals surface area contributed by atoms with E-state index >= 15 is 0 Å². The number of likely N-dealkylation sites (N-methyl/N-ethyl adjacent to an activating group) is 1. The minimum atomic E-state index is -4.44. The van der Waals surface area contributed by atoms with Gasteiger partial charge in [0.2, 0.25) is 0 Å². The average Bonchev–Trinajstić information content (AvgIpc) is 3.05. The van der Waals surface area contributed by atoms with Gasteiger partial charge in [-0.2, -0.15) is 23.5 Å². The average molecular weight is 258 g/mol. The predicted molar refractivity (Wildman–Crippen MR) is 57.4 cm³/mol. The highest BCUT2D eigenvalue weighted by molar-refractivity contribution is 5.15. The monoisotopic (exact) mass is 258 g/mol. The van der Waals surface area contributed by atoms with Crippen molar-refractivity contribution < 1.29 is 13.2 Å². The highest BCUT2D eigenvalue weighted by atomic mass is 19.4. The van der Waals surface area contributed by atoms with Gasteiger partial charge in [0.1, 0.15) is 5.54 Å². The molecule has 1 unspecified atom stereocenters. The smallest absolute Gasteiger partial charge is 0.301 e. The number of hydrogen-bond donors (Lipinski definition) is 1. The van der Waals surface area contributed by atoms with Crippen LogP contribution < -0.4 is 5.32 Å². The lowest BCUT2D eigenvalue weighted by molar-refractivity contribution is -0.141. The van der Waals surface area contributed by atoms with Gasteiger partial charge in [-0.15, -0.1) is 0 Å². The fraction of sp³-hybridized carbons (Fsp3) is 0.636. The zero-order valence-corrected chi connectivity index (χ0v) is 9.83. The summed E-state index contributed by atoms with van der Waals surface area (Å²) in [6, 6.07) is 3.09. The maximum Gasteiger partial charge on any atom is 0.435 e. The van der Waals surface area contributed by atoms with Gasteiger partial charge in [-0.25, -0.2) is 0 Å². The van der Waals surface area contributed by atoms with E-state index in [1.807, 2.05) is 0 Å². The molecule has 0 saturated heterocycles. The molecule has 1 N–H and O–H groups in total. The van der Waals surface area contributed by atoms with Crippen LogP contribution in [0.4, 0.5) is 13.2 Å². The summed E-state index contributed by atoms with van der Waals surface area (Å²) in [5, 5.41) is 15.6. The number of hydrogen-bond acceptors (Lipinski definition) is 3. The van der Waals surface area contributed by atoms with E-state index in [4.69, 9.17) is 0 Å². The van der Waals surface area contributed by atoms with Gasteiger partial charge in [0.25, 0.3) is 0 Å². The minimum Gasteiger partial charge on any atom is -0.301 e. The first-order valence-corrected chi connectivity index (χ1v) is 5.62. The third-order valence-electron chi connectivity index (χ3n) is 3.26. The van der Waals surface area contributed by atoms with Crippen molar-refractivity contribution in [2.45, 2.75) is 31.1 Å². The number of nitrogens with one attached hydrogen (secondary N) is 1. The molecule has 0 radical (unpaired) electrons. The zero-order valence-electron chi connectivity index (χ0n) is 9.83. The molecular formula is C11H13F3N4. The molecule has 0 amide bonds. The van der Waals surface area contributed by atoms with Crippen molar-refractivity contribution in [1.82, 2.24) is 15.1 Å². The molecule has 0 bridgehead atoms. The Kier molecular flexibility index (Phi) is 3.07. The van der Waals surface area contributed by atoms with E-state index in [-0.39, 0.29) is 12.5 Å². The summed E-state index contributed by atoms with van der Waals surface area (Å²) in [5.74, 6) is 0.186. The molecule has 1 atom stereocenters. The summed E-state index contributed by atoms with van der Waals surface area (Å²) in [6.07, 6.45) is -1.35. The molecule has 1 aliphatic rings. The quantitative estimate of drug-likeness (QED) is 0.895. The van der Waals surface area contributed by atoms with Crippen molar-refractivity contribution in [3.63, 3.8) is 0 Å². The van der Waals surface area contributed by atoms with E-state index in [1.165, 1.54) is 10.9 Å². The number of nitrogens with zero attached hydrogens (tertiary/aromatic N) is 3. The van der Waals surface area contributed by atoms with Crippen molar-refractivity contribution >= 4 is 0 Å². The Hall–Kier alpha value is -1.55. The Morgan fingerprint density at radius 3 is 2.61 bits per heavy atom. The van der Waals surface area contributed by atoms with Crippen LogP contribution >= 0.6 is 0 Å². The maximum absolute atomic E-state index is 12.4. The van der Waals surface area contributed by atoms with Gasteiger partial charge in [-0.1, -0.05) is 0 Å². The fourth-order valence-corrected chi connectivity index (χ4v) is 2.03. The highest BCUT2D eigenvalue weighted by Gasteiger charge is 2.45. The molecule has 0 aromatic carbocycles. The lowest BCUT2D eigenvalue weighted by Gasteiger charge is -2.25. The lowest BCUT2D eigenvalue weighted by Crippen LogP contribution is -2.47. The van der Waals surface area contributed by atoms with Gasteiger partial charge < -0.3 is 5.32 Å². The number of nitriles is 1. The van der Waals surface area contributed by atoms with Crippen molar-refractivity contribution in [1.29, 1.82) is 5.26 Å². The van der Waals surface area contributed by atoms with Gasteiger partial charge in [-0.05, 0) is 31.9 Å². The van der Waals surface area contributed by atoms with Crippen LogP contribution in [-0.2, 0) is 12.7 Å². The number of alkyl halides is 3. The Morgan fingerprint density at radius 1 is 1.56 bits per heavy atom. The molecule has 98 valence electrons. The van der Waals surface area contributed by atoms with E-state index in [0.29, 0.717) is 0 Å². The fourth-order valence-electron chi connectivity index (χ4n) is 2.03. The van der Waals surface area contributed by atoms with Crippen molar-refractivity contribution in [2.75, 3.05) is 7.05 Å². The SMILES string of the molecule is CNC(C#N)(Cn1ccc(C(F)(F)F)n1)C1CC1. The molecule has 1 heterocycles. The molecule has 1 aromatic heterocycles. The summed E-state index contributed by atoms with van der Waals surface area (Å²) in [5.41, 5.74) is -1.75. The molecule has 1 aromatic rings. The normalized spacial score (nSPS) is 19.3. The molecular weight excluding hydrogens is 245 g/mol. The van der Waals surface area contributed by atoms with Crippen LogP contribution in [0, 0.1) is 17.2 Å². The third kappa shape index (κ3) is 2.34. The second-order valence-electron chi connectivity index (χ2n) is 4.50. The molecule has 0 aliphatic heterocycles. The molecule has 18 heavy (non-hydrogen) atoms. The second-order valence-corrected chi connectivity index (χ2v) is 4.50. The number of rotatable bonds is 4. The van der Waals surface area contributed by atoms with E-state index in [9.17, 15) is 18.4 Å². The van der Waals surface area contributed by atoms with E-state index < -0.39 is 17.4 Å². The van der Waals surface area contributed by atoms with Gasteiger partial charge in [0.15, 0.2) is 5.69 Å². The topological polar surface area (TPSA) is 53.6 Å². The second kappa shape index (κ2) is 4.28. The van der Waals surface area contributed by atoms with E-state index in [0.717, 1.165) is 18.9 Å². The van der Waals surface area contributed by atoms with Gasteiger partial charge in [-0.3, -0.25) is 4.68 Å². The Balaban J connectivity index is 2.18. The van der Waals surface area contributed by atoms with Gasteiger partial charge >= 0.3 is 6.18 Å². The Labute approximate surface area is 102 Å². The van der Waals surface area contributed by atoms with Crippen LogP contribution in [0.15, 0.2) is 12.3 Å². The predicted octanol–water partition coefficient (Wildman–Crippen LogP) is 1.79. The molecule has 1 aliphatic carbocycles. The van der Waals surface area contributed by atoms with Crippen molar-refractivity contribution in [3.05, 3.63) is 18.0 Å². The summed E-state index contributed by atoms with van der Waals surface area (Å²) < 4.78 is 38.4. The van der Waals surface area contributed by atoms with Crippen LogP contribution in [0.25, 0.3) is 0 Å². The largest absolute Gasteiger partial charge is 0.435 e. The summed E-state index contributed by atoms with van der Waals surface area (Å²) in [6.45, 7) is 0.126. The molecule has 7 heteroatoms. The lowest BCUT2D eigenvalue weighted by atomic mass is 9.95. The minimum absolute atomic E-state index is 0.126. The van der Waals surface area contributed by atoms with E-state index in [2.05, 4.69) is 16.5 Å². The first kappa shape index (κ1) is 12.9. The molecule has 1 saturated carbocycles. The van der Waals surface area contributed by atoms with Crippen LogP contribution in [0.1, 0.15) is 18.5 Å². The maximum atomic E-state index is 12.4.